The van der Waals surface area contributed by atoms with Gasteiger partial charge in [0.25, 0.3) is 0 Å². The smallest absolute Gasteiger partial charge is 0.152 e. The number of rotatable bonds is 39. The van der Waals surface area contributed by atoms with Gasteiger partial charge in [-0.05, 0) is 103 Å². The molecular formula is C67H87N3O4S7. The normalized spacial score (nSPS) is 13.0. The fourth-order valence-electron chi connectivity index (χ4n) is 8.35. The minimum absolute atomic E-state index is 0.192. The number of thioether (sulfide) groups is 6. The molecule has 3 unspecified atom stereocenters. The number of hydrogen-bond acceptors (Lipinski definition) is 13. The molecule has 0 aromatic heterocycles. The van der Waals surface area contributed by atoms with Crippen LogP contribution >= 0.6 is 70.6 Å². The molecule has 0 amide bonds. The second kappa shape index (κ2) is 43.8. The van der Waals surface area contributed by atoms with Crippen molar-refractivity contribution in [2.75, 3.05) is 49.1 Å². The largest absolute Gasteiger partial charge is 0.380 e. The molecule has 0 bridgehead atoms. The van der Waals surface area contributed by atoms with E-state index in [0.717, 1.165) is 102 Å². The zero-order chi connectivity index (χ0) is 57.1. The molecule has 0 radical (unpaired) electrons. The number of benzene rings is 6. The van der Waals surface area contributed by atoms with Gasteiger partial charge in [-0.3, -0.25) is 4.79 Å². The highest BCUT2D eigenvalue weighted by molar-refractivity contribution is 8.00. The van der Waals surface area contributed by atoms with Gasteiger partial charge in [-0.25, -0.2) is 13.4 Å². The van der Waals surface area contributed by atoms with Crippen LogP contribution in [-0.4, -0.2) is 84.9 Å². The van der Waals surface area contributed by atoms with Gasteiger partial charge < -0.3 is 4.74 Å². The van der Waals surface area contributed by atoms with Crippen LogP contribution in [0.15, 0.2) is 197 Å². The number of carbonyl (C=O) groups excluding carboxylic acids is 1. The summed E-state index contributed by atoms with van der Waals surface area (Å²) in [6.45, 7) is 3.40. The van der Waals surface area contributed by atoms with Crippen LogP contribution in [0.1, 0.15) is 111 Å². The van der Waals surface area contributed by atoms with E-state index in [2.05, 4.69) is 221 Å². The van der Waals surface area contributed by atoms with Crippen LogP contribution in [0.2, 0.25) is 0 Å². The van der Waals surface area contributed by atoms with Crippen molar-refractivity contribution in [3.05, 3.63) is 215 Å². The first-order chi connectivity index (χ1) is 39.7. The third kappa shape index (κ3) is 35.2. The van der Waals surface area contributed by atoms with Gasteiger partial charge in [0.1, 0.15) is 21.5 Å². The molecule has 1 heterocycles. The van der Waals surface area contributed by atoms with Gasteiger partial charge in [0.05, 0.1) is 13.2 Å². The monoisotopic (exact) mass is 1220 g/mol. The van der Waals surface area contributed by atoms with Crippen LogP contribution in [0, 0.1) is 0 Å². The Balaban J connectivity index is 0.000000223. The van der Waals surface area contributed by atoms with E-state index >= 15 is 0 Å². The Hall–Kier alpha value is -3.73. The SMILES string of the molecule is CC(=O)CCOCC(CCSCc1ccccc1)SCc1ccccc1.CS(=O)(=O)CCCCC(CCSCc1ccccc1)SCc1ccccc1.c1ccc(CSCCC(CCCCC2=NCN=N2)SCc2ccccc2)cc1. The highest BCUT2D eigenvalue weighted by atomic mass is 32.2. The minimum atomic E-state index is -2.84. The van der Waals surface area contributed by atoms with Crippen molar-refractivity contribution in [1.29, 1.82) is 0 Å². The zero-order valence-electron chi connectivity index (χ0n) is 47.9. The summed E-state index contributed by atoms with van der Waals surface area (Å²) >= 11 is 12.1. The first-order valence-electron chi connectivity index (χ1n) is 28.6. The van der Waals surface area contributed by atoms with Crippen LogP contribution in [0.5, 0.6) is 0 Å². The van der Waals surface area contributed by atoms with Crippen molar-refractivity contribution in [3.63, 3.8) is 0 Å². The number of nitrogens with zero attached hydrogens (tertiary/aromatic N) is 3. The molecule has 7 nitrogen and oxygen atoms in total. The zero-order valence-corrected chi connectivity index (χ0v) is 53.6. The lowest BCUT2D eigenvalue weighted by atomic mass is 10.1. The van der Waals surface area contributed by atoms with Crippen molar-refractivity contribution in [2.45, 2.75) is 128 Å². The lowest BCUT2D eigenvalue weighted by Crippen LogP contribution is -2.15. The quantitative estimate of drug-likeness (QED) is 0.0347. The summed E-state index contributed by atoms with van der Waals surface area (Å²) in [7, 11) is -2.84. The van der Waals surface area contributed by atoms with Gasteiger partial charge in [-0.15, -0.1) is 5.11 Å². The van der Waals surface area contributed by atoms with Crippen molar-refractivity contribution >= 4 is 92.0 Å². The Morgan fingerprint density at radius 1 is 0.481 bits per heavy atom. The summed E-state index contributed by atoms with van der Waals surface area (Å²) < 4.78 is 28.4. The summed E-state index contributed by atoms with van der Waals surface area (Å²) in [6.07, 6.45) is 12.9. The van der Waals surface area contributed by atoms with E-state index in [4.69, 9.17) is 4.74 Å². The summed E-state index contributed by atoms with van der Waals surface area (Å²) in [5.41, 5.74) is 8.32. The number of ketones is 1. The van der Waals surface area contributed by atoms with E-state index in [1.807, 2.05) is 47.0 Å². The van der Waals surface area contributed by atoms with Crippen LogP contribution in [0.3, 0.4) is 0 Å². The number of unbranched alkanes of at least 4 members (excludes halogenated alkanes) is 2. The van der Waals surface area contributed by atoms with Crippen LogP contribution in [0.25, 0.3) is 0 Å². The fraction of sp³-hybridized carbons (Fsp3) is 0.433. The molecule has 6 aromatic carbocycles. The Bertz CT molecular complexity index is 2680. The Kier molecular flexibility index (Phi) is 36.8. The lowest BCUT2D eigenvalue weighted by molar-refractivity contribution is -0.118. The average molecular weight is 1220 g/mol. The van der Waals surface area contributed by atoms with E-state index in [1.54, 1.807) is 6.92 Å². The summed E-state index contributed by atoms with van der Waals surface area (Å²) in [4.78, 5) is 15.3. The van der Waals surface area contributed by atoms with Crippen molar-refractivity contribution in [1.82, 2.24) is 0 Å². The molecule has 14 heteroatoms. The number of hydrogen-bond donors (Lipinski definition) is 0. The second-order valence-corrected chi connectivity index (χ2v) is 29.5. The van der Waals surface area contributed by atoms with Gasteiger partial charge in [-0.2, -0.15) is 75.7 Å². The molecule has 81 heavy (non-hydrogen) atoms. The molecule has 0 saturated heterocycles. The first-order valence-corrected chi connectivity index (χ1v) is 37.3. The molecule has 1 aliphatic rings. The highest BCUT2D eigenvalue weighted by Crippen LogP contribution is 2.30. The van der Waals surface area contributed by atoms with E-state index in [9.17, 15) is 13.2 Å². The fourth-order valence-corrected chi connectivity index (χ4v) is 16.2. The van der Waals surface area contributed by atoms with E-state index in [0.29, 0.717) is 35.9 Å². The van der Waals surface area contributed by atoms with Crippen LogP contribution in [0.4, 0.5) is 0 Å². The van der Waals surface area contributed by atoms with Crippen molar-refractivity contribution < 1.29 is 17.9 Å². The molecule has 0 spiro atoms. The molecular weight excluding hydrogens is 1140 g/mol. The van der Waals surface area contributed by atoms with Crippen molar-refractivity contribution in [3.8, 4) is 0 Å². The topological polar surface area (TPSA) is 97.5 Å². The summed E-state index contributed by atoms with van der Waals surface area (Å²) in [5.74, 6) is 11.3. The van der Waals surface area contributed by atoms with Crippen LogP contribution < -0.4 is 0 Å². The van der Waals surface area contributed by atoms with Gasteiger partial charge in [0.15, 0.2) is 6.67 Å². The number of aliphatic imine (C=N–C) groups is 1. The van der Waals surface area contributed by atoms with Gasteiger partial charge in [0, 0.05) is 75.1 Å². The number of amidine groups is 1. The minimum Gasteiger partial charge on any atom is -0.380 e. The molecule has 0 aliphatic carbocycles. The standard InChI is InChI=1S/C23H29N3S2.C22H30O2S3.C22H28O2S2/c1-3-9-20(10-4-1)17-27-16-15-22(28-18-21-11-5-2-6-12-21)13-7-8-14-23-24-19-25-26-23;1-27(23,24)17-9-8-14-22(26-19-21-12-6-3-7-13-21)15-16-25-18-20-10-4-2-5-11-20;1-19(23)12-14-24-16-22(26-18-21-10-6-3-7-11-21)13-15-25-17-20-8-4-2-5-9-20/h1-6,9-12,22H,7-8,13-19H2;2-7,10-13,22H,8-9,14-19H2,1H3;2-11,22H,12-18H2,1H3. The van der Waals surface area contributed by atoms with Gasteiger partial charge in [-0.1, -0.05) is 195 Å². The number of Topliss-reactive ketones (excluding diaryl/α,β-unsaturated/α-hetero) is 1. The number of carbonyl (C=O) groups is 1. The molecule has 0 fully saturated rings. The molecule has 6 aromatic rings. The Morgan fingerprint density at radius 3 is 1.20 bits per heavy atom. The molecule has 1 aliphatic heterocycles. The van der Waals surface area contributed by atoms with E-state index in [-0.39, 0.29) is 5.78 Å². The molecule has 3 atom stereocenters. The molecule has 0 N–H and O–H groups in total. The highest BCUT2D eigenvalue weighted by Gasteiger charge is 2.14. The maximum atomic E-state index is 11.3. The number of azo groups is 1. The summed E-state index contributed by atoms with van der Waals surface area (Å²) in [6, 6.07) is 64.0. The third-order valence-corrected chi connectivity index (χ3v) is 21.4. The summed E-state index contributed by atoms with van der Waals surface area (Å²) in [5, 5.41) is 9.79. The van der Waals surface area contributed by atoms with Gasteiger partial charge in [0.2, 0.25) is 0 Å². The Labute approximate surface area is 513 Å². The van der Waals surface area contributed by atoms with Gasteiger partial charge >= 0.3 is 0 Å². The number of ether oxygens (including phenoxy) is 1. The van der Waals surface area contributed by atoms with E-state index in [1.165, 1.54) is 71.1 Å². The lowest BCUT2D eigenvalue weighted by Gasteiger charge is -2.17. The van der Waals surface area contributed by atoms with E-state index < -0.39 is 9.84 Å². The predicted molar refractivity (Wildman–Crippen MR) is 362 cm³/mol. The maximum Gasteiger partial charge on any atom is 0.152 e. The second-order valence-electron chi connectivity index (χ2n) is 20.1. The van der Waals surface area contributed by atoms with Crippen molar-refractivity contribution in [2.24, 2.45) is 15.2 Å². The maximum absolute atomic E-state index is 11.3. The number of sulfone groups is 1. The third-order valence-electron chi connectivity index (χ3n) is 12.9. The molecule has 7 rings (SSSR count). The first kappa shape index (κ1) is 68.1. The average Bonchev–Trinajstić information content (AvgIpc) is 4.02. The molecule has 436 valence electrons. The van der Waals surface area contributed by atoms with Crippen LogP contribution in [-0.2, 0) is 53.9 Å². The Morgan fingerprint density at radius 2 is 0.840 bits per heavy atom. The predicted octanol–water partition coefficient (Wildman–Crippen LogP) is 18.4. The molecule has 0 saturated carbocycles.